The van der Waals surface area contributed by atoms with Crippen molar-refractivity contribution in [1.29, 1.82) is 0 Å². The standard InChI is InChI=1S/C18H21NO3S/c1-23(21,22)19-13-16-7-3-2-6-15(16)12-17(19)10-9-14-5-4-8-18(20)11-14/h2-8,11,17,20H,9-10,12-13H2,1H3. The molecule has 1 heterocycles. The molecule has 0 spiro atoms. The number of hydrogen-bond donors (Lipinski definition) is 1. The van der Waals surface area contributed by atoms with Gasteiger partial charge in [0.15, 0.2) is 0 Å². The summed E-state index contributed by atoms with van der Waals surface area (Å²) in [6, 6.07) is 15.1. The molecule has 2 aromatic rings. The van der Waals surface area contributed by atoms with Crippen molar-refractivity contribution < 1.29 is 13.5 Å². The second-order valence-corrected chi connectivity index (χ2v) is 8.08. The molecule has 0 saturated heterocycles. The number of benzene rings is 2. The Kier molecular flexibility index (Phi) is 4.41. The summed E-state index contributed by atoms with van der Waals surface area (Å²) < 4.78 is 25.9. The lowest BCUT2D eigenvalue weighted by Crippen LogP contribution is -2.43. The average Bonchev–Trinajstić information content (AvgIpc) is 2.51. The molecule has 1 aliphatic rings. The van der Waals surface area contributed by atoms with Gasteiger partial charge in [-0.1, -0.05) is 36.4 Å². The molecule has 3 rings (SSSR count). The Morgan fingerprint density at radius 3 is 2.57 bits per heavy atom. The number of nitrogens with zero attached hydrogens (tertiary/aromatic N) is 1. The normalized spacial score (nSPS) is 18.6. The molecule has 0 fully saturated rings. The highest BCUT2D eigenvalue weighted by Gasteiger charge is 2.31. The molecule has 0 radical (unpaired) electrons. The fourth-order valence-electron chi connectivity index (χ4n) is 3.24. The van der Waals surface area contributed by atoms with E-state index in [4.69, 9.17) is 0 Å². The first-order valence-electron chi connectivity index (χ1n) is 7.75. The van der Waals surface area contributed by atoms with Crippen LogP contribution in [0.1, 0.15) is 23.1 Å². The number of rotatable bonds is 4. The highest BCUT2D eigenvalue weighted by atomic mass is 32.2. The zero-order chi connectivity index (χ0) is 16.4. The maximum atomic E-state index is 12.2. The Morgan fingerprint density at radius 2 is 1.87 bits per heavy atom. The van der Waals surface area contributed by atoms with Crippen LogP contribution in [0.2, 0.25) is 0 Å². The molecule has 0 saturated carbocycles. The molecule has 1 unspecified atom stereocenters. The molecule has 122 valence electrons. The molecule has 0 aromatic heterocycles. The van der Waals surface area contributed by atoms with E-state index in [1.54, 1.807) is 16.4 Å². The van der Waals surface area contributed by atoms with Crippen molar-refractivity contribution in [2.24, 2.45) is 0 Å². The summed E-state index contributed by atoms with van der Waals surface area (Å²) in [6.07, 6.45) is 3.50. The van der Waals surface area contributed by atoms with Gasteiger partial charge in [0.05, 0.1) is 6.26 Å². The third kappa shape index (κ3) is 3.74. The van der Waals surface area contributed by atoms with Crippen LogP contribution in [0.4, 0.5) is 0 Å². The van der Waals surface area contributed by atoms with Gasteiger partial charge in [-0.05, 0) is 48.1 Å². The van der Waals surface area contributed by atoms with Crippen LogP contribution < -0.4 is 0 Å². The largest absolute Gasteiger partial charge is 0.508 e. The highest BCUT2D eigenvalue weighted by molar-refractivity contribution is 7.88. The SMILES string of the molecule is CS(=O)(=O)N1Cc2ccccc2CC1CCc1cccc(O)c1. The van der Waals surface area contributed by atoms with E-state index in [9.17, 15) is 13.5 Å². The highest BCUT2D eigenvalue weighted by Crippen LogP contribution is 2.28. The number of hydrogen-bond acceptors (Lipinski definition) is 3. The van der Waals surface area contributed by atoms with E-state index in [-0.39, 0.29) is 11.8 Å². The fraction of sp³-hybridized carbons (Fsp3) is 0.333. The maximum Gasteiger partial charge on any atom is 0.211 e. The topological polar surface area (TPSA) is 57.6 Å². The van der Waals surface area contributed by atoms with Crippen molar-refractivity contribution in [3.63, 3.8) is 0 Å². The molecule has 5 heteroatoms. The van der Waals surface area contributed by atoms with Crippen molar-refractivity contribution in [1.82, 2.24) is 4.31 Å². The van der Waals surface area contributed by atoms with E-state index in [0.29, 0.717) is 6.54 Å². The molecule has 0 bridgehead atoms. The minimum atomic E-state index is -3.25. The van der Waals surface area contributed by atoms with Crippen LogP contribution >= 0.6 is 0 Å². The van der Waals surface area contributed by atoms with Crippen LogP contribution in [-0.2, 0) is 29.4 Å². The van der Waals surface area contributed by atoms with Gasteiger partial charge < -0.3 is 5.11 Å². The quantitative estimate of drug-likeness (QED) is 0.937. The Balaban J connectivity index is 1.81. The summed E-state index contributed by atoms with van der Waals surface area (Å²) in [6.45, 7) is 0.444. The summed E-state index contributed by atoms with van der Waals surface area (Å²) in [5.74, 6) is 0.247. The van der Waals surface area contributed by atoms with Crippen LogP contribution in [0.5, 0.6) is 5.75 Å². The van der Waals surface area contributed by atoms with Gasteiger partial charge in [-0.15, -0.1) is 0 Å². The Morgan fingerprint density at radius 1 is 1.13 bits per heavy atom. The Bertz CT molecular complexity index is 801. The molecule has 0 amide bonds. The van der Waals surface area contributed by atoms with Crippen molar-refractivity contribution in [2.75, 3.05) is 6.26 Å². The third-order valence-electron chi connectivity index (χ3n) is 4.41. The number of fused-ring (bicyclic) bond motifs is 1. The van der Waals surface area contributed by atoms with Gasteiger partial charge in [0.1, 0.15) is 5.75 Å². The number of phenols is 1. The predicted octanol–water partition coefficient (Wildman–Crippen LogP) is 2.71. The molecule has 1 N–H and O–H groups in total. The zero-order valence-electron chi connectivity index (χ0n) is 13.1. The molecule has 4 nitrogen and oxygen atoms in total. The first-order valence-corrected chi connectivity index (χ1v) is 9.60. The number of aryl methyl sites for hydroxylation is 1. The zero-order valence-corrected chi connectivity index (χ0v) is 14.0. The van der Waals surface area contributed by atoms with Crippen LogP contribution in [0.3, 0.4) is 0 Å². The van der Waals surface area contributed by atoms with Gasteiger partial charge >= 0.3 is 0 Å². The van der Waals surface area contributed by atoms with Crippen molar-refractivity contribution in [3.05, 3.63) is 65.2 Å². The van der Waals surface area contributed by atoms with Crippen molar-refractivity contribution in [2.45, 2.75) is 31.8 Å². The third-order valence-corrected chi connectivity index (χ3v) is 5.69. The van der Waals surface area contributed by atoms with Gasteiger partial charge in [0.25, 0.3) is 0 Å². The van der Waals surface area contributed by atoms with Crippen LogP contribution in [-0.4, -0.2) is 30.1 Å². The maximum absolute atomic E-state index is 12.2. The van der Waals surface area contributed by atoms with Crippen molar-refractivity contribution in [3.8, 4) is 5.75 Å². The first-order chi connectivity index (χ1) is 10.9. The summed E-state index contributed by atoms with van der Waals surface area (Å²) in [7, 11) is -3.25. The minimum Gasteiger partial charge on any atom is -0.508 e. The van der Waals surface area contributed by atoms with Crippen LogP contribution in [0, 0.1) is 0 Å². The van der Waals surface area contributed by atoms with Gasteiger partial charge in [-0.3, -0.25) is 0 Å². The Labute approximate surface area is 137 Å². The monoisotopic (exact) mass is 331 g/mol. The van der Waals surface area contributed by atoms with E-state index in [1.807, 2.05) is 30.3 Å². The molecular weight excluding hydrogens is 310 g/mol. The van der Waals surface area contributed by atoms with Crippen LogP contribution in [0.25, 0.3) is 0 Å². The van der Waals surface area contributed by atoms with Gasteiger partial charge in [0.2, 0.25) is 10.0 Å². The number of sulfonamides is 1. The van der Waals surface area contributed by atoms with Gasteiger partial charge in [0, 0.05) is 12.6 Å². The average molecular weight is 331 g/mol. The number of aromatic hydroxyl groups is 1. The predicted molar refractivity (Wildman–Crippen MR) is 90.7 cm³/mol. The molecule has 2 aromatic carbocycles. The lowest BCUT2D eigenvalue weighted by molar-refractivity contribution is 0.280. The Hall–Kier alpha value is -1.85. The van der Waals surface area contributed by atoms with Crippen LogP contribution in [0.15, 0.2) is 48.5 Å². The summed E-state index contributed by atoms with van der Waals surface area (Å²) in [5.41, 5.74) is 3.34. The van der Waals surface area contributed by atoms with E-state index < -0.39 is 10.0 Å². The first kappa shape index (κ1) is 16.0. The number of phenolic OH excluding ortho intramolecular Hbond substituents is 1. The molecule has 1 aliphatic heterocycles. The molecule has 0 aliphatic carbocycles. The summed E-state index contributed by atoms with van der Waals surface area (Å²) in [5, 5.41) is 9.56. The molecule has 1 atom stereocenters. The van der Waals surface area contributed by atoms with E-state index in [0.717, 1.165) is 30.4 Å². The van der Waals surface area contributed by atoms with Gasteiger partial charge in [-0.25, -0.2) is 8.42 Å². The second kappa shape index (κ2) is 6.34. The second-order valence-electron chi connectivity index (χ2n) is 6.14. The van der Waals surface area contributed by atoms with Gasteiger partial charge in [-0.2, -0.15) is 4.31 Å². The van der Waals surface area contributed by atoms with E-state index in [2.05, 4.69) is 6.07 Å². The fourth-order valence-corrected chi connectivity index (χ4v) is 4.34. The molecule has 23 heavy (non-hydrogen) atoms. The summed E-state index contributed by atoms with van der Waals surface area (Å²) >= 11 is 0. The van der Waals surface area contributed by atoms with E-state index >= 15 is 0 Å². The summed E-state index contributed by atoms with van der Waals surface area (Å²) in [4.78, 5) is 0. The smallest absolute Gasteiger partial charge is 0.211 e. The lowest BCUT2D eigenvalue weighted by Gasteiger charge is -2.35. The minimum absolute atomic E-state index is 0.0396. The van der Waals surface area contributed by atoms with Crippen molar-refractivity contribution >= 4 is 10.0 Å². The molecular formula is C18H21NO3S. The van der Waals surface area contributed by atoms with E-state index in [1.165, 1.54) is 11.8 Å². The lowest BCUT2D eigenvalue weighted by atomic mass is 9.92.